The normalized spacial score (nSPS) is 18.2. The number of fused-ring (bicyclic) bond motifs is 1. The van der Waals surface area contributed by atoms with E-state index in [0.717, 1.165) is 15.7 Å². The zero-order valence-corrected chi connectivity index (χ0v) is 17.5. The minimum absolute atomic E-state index is 0.114. The average Bonchev–Trinajstić information content (AvgIpc) is 3.38. The van der Waals surface area contributed by atoms with Crippen LogP contribution in [0.3, 0.4) is 0 Å². The van der Waals surface area contributed by atoms with Crippen molar-refractivity contribution < 1.29 is 18.7 Å². The molecule has 1 aliphatic rings. The van der Waals surface area contributed by atoms with Crippen LogP contribution in [-0.2, 0) is 16.9 Å². The van der Waals surface area contributed by atoms with Crippen molar-refractivity contribution in [3.8, 4) is 17.2 Å². The van der Waals surface area contributed by atoms with E-state index >= 15 is 0 Å². The van der Waals surface area contributed by atoms with E-state index in [1.807, 2.05) is 42.5 Å². The number of nitrogens with zero attached hydrogens (tertiary/aromatic N) is 3. The standard InChI is InChI=1S/C24H20N4O4/c1-24(18-10-7-15-5-3-4-6-17(15)13-18)22(29)28(23(30)25-24)14-20-26-27-21(32-20)16-8-11-19(31-2)12-9-16/h3-13H,14H2,1-2H3,(H,25,30). The van der Waals surface area contributed by atoms with Crippen molar-refractivity contribution >= 4 is 22.7 Å². The number of methoxy groups -OCH3 is 1. The number of hydrogen-bond acceptors (Lipinski definition) is 6. The molecule has 1 atom stereocenters. The monoisotopic (exact) mass is 428 g/mol. The molecule has 3 amide bonds. The summed E-state index contributed by atoms with van der Waals surface area (Å²) in [5.41, 5.74) is 0.240. The third-order valence-electron chi connectivity index (χ3n) is 5.70. The van der Waals surface area contributed by atoms with Gasteiger partial charge in [0.05, 0.1) is 7.11 Å². The van der Waals surface area contributed by atoms with Gasteiger partial charge in [-0.05, 0) is 53.6 Å². The zero-order chi connectivity index (χ0) is 22.3. The summed E-state index contributed by atoms with van der Waals surface area (Å²) in [7, 11) is 1.59. The lowest BCUT2D eigenvalue weighted by atomic mass is 9.90. The second-order valence-electron chi connectivity index (χ2n) is 7.74. The molecule has 0 aliphatic carbocycles. The third kappa shape index (κ3) is 3.26. The van der Waals surface area contributed by atoms with E-state index in [2.05, 4.69) is 15.5 Å². The number of carbonyl (C=O) groups excluding carboxylic acids is 2. The van der Waals surface area contributed by atoms with Gasteiger partial charge in [-0.15, -0.1) is 10.2 Å². The zero-order valence-electron chi connectivity index (χ0n) is 17.5. The summed E-state index contributed by atoms with van der Waals surface area (Å²) in [6, 6.07) is 20.2. The molecule has 3 aromatic carbocycles. The fourth-order valence-corrected chi connectivity index (χ4v) is 3.84. The molecule has 32 heavy (non-hydrogen) atoms. The Kier molecular flexibility index (Phi) is 4.62. The number of ether oxygens (including phenoxy) is 1. The molecule has 0 radical (unpaired) electrons. The first-order valence-corrected chi connectivity index (χ1v) is 10.1. The van der Waals surface area contributed by atoms with Crippen LogP contribution in [0.2, 0.25) is 0 Å². The van der Waals surface area contributed by atoms with E-state index in [1.165, 1.54) is 0 Å². The molecule has 8 nitrogen and oxygen atoms in total. The second-order valence-corrected chi connectivity index (χ2v) is 7.74. The summed E-state index contributed by atoms with van der Waals surface area (Å²) in [6.07, 6.45) is 0. The van der Waals surface area contributed by atoms with Gasteiger partial charge in [0, 0.05) is 5.56 Å². The van der Waals surface area contributed by atoms with Gasteiger partial charge in [-0.1, -0.05) is 36.4 Å². The van der Waals surface area contributed by atoms with Gasteiger partial charge in [-0.25, -0.2) is 4.79 Å². The second kappa shape index (κ2) is 7.49. The van der Waals surface area contributed by atoms with Gasteiger partial charge in [-0.3, -0.25) is 9.69 Å². The Bertz CT molecular complexity index is 1330. The fourth-order valence-electron chi connectivity index (χ4n) is 3.84. The van der Waals surface area contributed by atoms with Crippen LogP contribution in [0.15, 0.2) is 71.1 Å². The molecular formula is C24H20N4O4. The maximum absolute atomic E-state index is 13.3. The van der Waals surface area contributed by atoms with E-state index in [4.69, 9.17) is 9.15 Å². The maximum atomic E-state index is 13.3. The Morgan fingerprint density at radius 3 is 2.50 bits per heavy atom. The van der Waals surface area contributed by atoms with Gasteiger partial charge in [0.15, 0.2) is 0 Å². The van der Waals surface area contributed by atoms with Crippen molar-refractivity contribution in [2.75, 3.05) is 7.11 Å². The highest BCUT2D eigenvalue weighted by atomic mass is 16.5. The molecule has 0 spiro atoms. The maximum Gasteiger partial charge on any atom is 0.325 e. The first-order chi connectivity index (χ1) is 15.5. The van der Waals surface area contributed by atoms with Crippen molar-refractivity contribution in [1.82, 2.24) is 20.4 Å². The van der Waals surface area contributed by atoms with E-state index < -0.39 is 11.6 Å². The summed E-state index contributed by atoms with van der Waals surface area (Å²) in [6.45, 7) is 1.59. The largest absolute Gasteiger partial charge is 0.497 e. The minimum Gasteiger partial charge on any atom is -0.497 e. The van der Waals surface area contributed by atoms with Crippen molar-refractivity contribution in [3.05, 3.63) is 78.2 Å². The number of nitrogens with one attached hydrogen (secondary N) is 1. The van der Waals surface area contributed by atoms with Gasteiger partial charge in [0.1, 0.15) is 17.8 Å². The van der Waals surface area contributed by atoms with Gasteiger partial charge >= 0.3 is 6.03 Å². The molecule has 1 unspecified atom stereocenters. The summed E-state index contributed by atoms with van der Waals surface area (Å²) in [4.78, 5) is 27.0. The molecular weight excluding hydrogens is 408 g/mol. The highest BCUT2D eigenvalue weighted by molar-refractivity contribution is 6.07. The molecule has 1 fully saturated rings. The predicted octanol–water partition coefficient (Wildman–Crippen LogP) is 3.87. The smallest absolute Gasteiger partial charge is 0.325 e. The lowest BCUT2D eigenvalue weighted by molar-refractivity contribution is -0.131. The number of benzene rings is 3. The number of carbonyl (C=O) groups is 2. The Labute approximate surface area is 183 Å². The van der Waals surface area contributed by atoms with Crippen molar-refractivity contribution in [1.29, 1.82) is 0 Å². The van der Waals surface area contributed by atoms with Crippen LogP contribution < -0.4 is 10.1 Å². The Morgan fingerprint density at radius 2 is 1.75 bits per heavy atom. The molecule has 8 heteroatoms. The fraction of sp³-hybridized carbons (Fsp3) is 0.167. The van der Waals surface area contributed by atoms with E-state index in [1.54, 1.807) is 38.3 Å². The predicted molar refractivity (Wildman–Crippen MR) is 117 cm³/mol. The Hall–Kier alpha value is -4.20. The van der Waals surface area contributed by atoms with Gasteiger partial charge in [-0.2, -0.15) is 0 Å². The van der Waals surface area contributed by atoms with Crippen LogP contribution in [0.4, 0.5) is 4.79 Å². The highest BCUT2D eigenvalue weighted by Gasteiger charge is 2.49. The summed E-state index contributed by atoms with van der Waals surface area (Å²) < 4.78 is 10.8. The molecule has 5 rings (SSSR count). The van der Waals surface area contributed by atoms with Crippen molar-refractivity contribution in [2.24, 2.45) is 0 Å². The number of rotatable bonds is 5. The number of urea groups is 1. The Balaban J connectivity index is 1.38. The average molecular weight is 428 g/mol. The summed E-state index contributed by atoms with van der Waals surface area (Å²) >= 11 is 0. The molecule has 0 saturated carbocycles. The molecule has 0 bridgehead atoms. The van der Waals surface area contributed by atoms with E-state index in [-0.39, 0.29) is 18.3 Å². The van der Waals surface area contributed by atoms with E-state index in [9.17, 15) is 9.59 Å². The molecule has 4 aromatic rings. The molecule has 1 N–H and O–H groups in total. The van der Waals surface area contributed by atoms with Crippen molar-refractivity contribution in [2.45, 2.75) is 19.0 Å². The van der Waals surface area contributed by atoms with Crippen LogP contribution in [0.1, 0.15) is 18.4 Å². The molecule has 1 aromatic heterocycles. The first-order valence-electron chi connectivity index (χ1n) is 10.1. The topological polar surface area (TPSA) is 97.6 Å². The van der Waals surface area contributed by atoms with Gasteiger partial charge < -0.3 is 14.5 Å². The summed E-state index contributed by atoms with van der Waals surface area (Å²) in [5, 5.41) is 12.9. The van der Waals surface area contributed by atoms with Crippen molar-refractivity contribution in [3.63, 3.8) is 0 Å². The number of hydrogen-bond donors (Lipinski definition) is 1. The number of aromatic nitrogens is 2. The minimum atomic E-state index is -1.18. The van der Waals surface area contributed by atoms with Crippen LogP contribution >= 0.6 is 0 Å². The lowest BCUT2D eigenvalue weighted by Gasteiger charge is -2.22. The van der Waals surface area contributed by atoms with Gasteiger partial charge in [0.25, 0.3) is 5.91 Å². The van der Waals surface area contributed by atoms with Crippen LogP contribution in [0, 0.1) is 0 Å². The molecule has 2 heterocycles. The third-order valence-corrected chi connectivity index (χ3v) is 5.70. The molecule has 1 aliphatic heterocycles. The van der Waals surface area contributed by atoms with Crippen LogP contribution in [0.5, 0.6) is 5.75 Å². The quantitative estimate of drug-likeness (QED) is 0.485. The first kappa shape index (κ1) is 19.7. The number of amides is 3. The highest BCUT2D eigenvalue weighted by Crippen LogP contribution is 2.32. The van der Waals surface area contributed by atoms with Gasteiger partial charge in [0.2, 0.25) is 11.8 Å². The molecule has 1 saturated heterocycles. The SMILES string of the molecule is COc1ccc(-c2nnc(CN3C(=O)NC(C)(c4ccc5ccccc5c4)C3=O)o2)cc1. The summed E-state index contributed by atoms with van der Waals surface area (Å²) in [5.74, 6) is 0.803. The van der Waals surface area contributed by atoms with Crippen LogP contribution in [0.25, 0.3) is 22.2 Å². The lowest BCUT2D eigenvalue weighted by Crippen LogP contribution is -2.40. The van der Waals surface area contributed by atoms with E-state index in [0.29, 0.717) is 22.8 Å². The Morgan fingerprint density at radius 1 is 1.00 bits per heavy atom. The van der Waals surface area contributed by atoms with Crippen LogP contribution in [-0.4, -0.2) is 34.1 Å². The molecule has 160 valence electrons. The number of imide groups is 1.